The second kappa shape index (κ2) is 8.36. The van der Waals surface area contributed by atoms with E-state index in [0.29, 0.717) is 0 Å². The van der Waals surface area contributed by atoms with Gasteiger partial charge in [0.05, 0.1) is 16.6 Å². The third-order valence-corrected chi connectivity index (χ3v) is 6.56. The molecule has 0 amide bonds. The zero-order chi connectivity index (χ0) is 23.9. The fraction of sp³-hybridized carbons (Fsp3) is 0. The number of hydrogen-bond acceptors (Lipinski definition) is 3. The summed E-state index contributed by atoms with van der Waals surface area (Å²) in [6.45, 7) is 0. The fourth-order valence-electron chi connectivity index (χ4n) is 4.92. The molecule has 0 unspecified atom stereocenters. The Kier molecular flexibility index (Phi) is 4.74. The molecule has 2 heterocycles. The highest BCUT2D eigenvalue weighted by Gasteiger charge is 2.17. The Labute approximate surface area is 208 Å². The van der Waals surface area contributed by atoms with Gasteiger partial charge in [-0.1, -0.05) is 66.7 Å². The van der Waals surface area contributed by atoms with E-state index in [-0.39, 0.29) is 0 Å². The lowest BCUT2D eigenvalue weighted by atomic mass is 10.2. The minimum Gasteiger partial charge on any atom is -0.311 e. The van der Waals surface area contributed by atoms with Crippen LogP contribution < -0.4 is 4.90 Å². The summed E-state index contributed by atoms with van der Waals surface area (Å²) >= 11 is 0. The summed E-state index contributed by atoms with van der Waals surface area (Å²) in [6, 6.07) is 46.0. The molecular formula is C32H22N4. The van der Waals surface area contributed by atoms with E-state index in [1.54, 1.807) is 0 Å². The molecule has 0 aliphatic carbocycles. The second-order valence-electron chi connectivity index (χ2n) is 8.76. The molecule has 36 heavy (non-hydrogen) atoms. The molecule has 0 atom stereocenters. The predicted molar refractivity (Wildman–Crippen MR) is 149 cm³/mol. The van der Waals surface area contributed by atoms with Crippen molar-refractivity contribution in [2.45, 2.75) is 0 Å². The molecule has 7 rings (SSSR count). The Morgan fingerprint density at radius 3 is 1.67 bits per heavy atom. The maximum absolute atomic E-state index is 5.03. The van der Waals surface area contributed by atoms with Gasteiger partial charge in [0.1, 0.15) is 5.52 Å². The van der Waals surface area contributed by atoms with Gasteiger partial charge in [-0.25, -0.2) is 9.97 Å². The van der Waals surface area contributed by atoms with Gasteiger partial charge in [-0.15, -0.1) is 0 Å². The molecule has 0 aliphatic rings. The monoisotopic (exact) mass is 462 g/mol. The number of hydrogen-bond donors (Lipinski definition) is 0. The molecule has 0 fully saturated rings. The van der Waals surface area contributed by atoms with Crippen molar-refractivity contribution in [1.82, 2.24) is 14.5 Å². The smallest absolute Gasteiger partial charge is 0.165 e. The van der Waals surface area contributed by atoms with E-state index in [1.165, 1.54) is 0 Å². The molecule has 4 nitrogen and oxygen atoms in total. The normalized spacial score (nSPS) is 11.3. The number of benzene rings is 5. The van der Waals surface area contributed by atoms with Crippen LogP contribution in [-0.2, 0) is 0 Å². The molecule has 0 spiro atoms. The molecule has 4 heteroatoms. The Morgan fingerprint density at radius 1 is 0.472 bits per heavy atom. The Morgan fingerprint density at radius 2 is 1.00 bits per heavy atom. The Balaban J connectivity index is 1.41. The minimum absolute atomic E-state index is 0.866. The number of rotatable bonds is 4. The van der Waals surface area contributed by atoms with Gasteiger partial charge in [0, 0.05) is 28.1 Å². The number of aromatic nitrogens is 3. The number of fused-ring (bicyclic) bond motifs is 4. The lowest BCUT2D eigenvalue weighted by Gasteiger charge is -2.25. The molecule has 170 valence electrons. The Bertz CT molecular complexity index is 1780. The second-order valence-corrected chi connectivity index (χ2v) is 8.76. The highest BCUT2D eigenvalue weighted by Crippen LogP contribution is 2.36. The van der Waals surface area contributed by atoms with Crippen LogP contribution in [0.4, 0.5) is 17.1 Å². The topological polar surface area (TPSA) is 34.0 Å². The molecule has 7 aromatic rings. The fourth-order valence-corrected chi connectivity index (χ4v) is 4.92. The van der Waals surface area contributed by atoms with Crippen molar-refractivity contribution >= 4 is 50.2 Å². The summed E-state index contributed by atoms with van der Waals surface area (Å²) in [5, 5.41) is 1.10. The van der Waals surface area contributed by atoms with Gasteiger partial charge < -0.3 is 4.90 Å². The summed E-state index contributed by atoms with van der Waals surface area (Å²) in [7, 11) is 0. The molecule has 5 aromatic carbocycles. The first-order chi connectivity index (χ1) is 17.9. The van der Waals surface area contributed by atoms with Gasteiger partial charge in [-0.05, 0) is 66.7 Å². The quantitative estimate of drug-likeness (QED) is 0.264. The lowest BCUT2D eigenvalue weighted by molar-refractivity contribution is 1.14. The molecule has 0 bridgehead atoms. The van der Waals surface area contributed by atoms with Crippen molar-refractivity contribution in [2.75, 3.05) is 4.90 Å². The van der Waals surface area contributed by atoms with E-state index >= 15 is 0 Å². The van der Waals surface area contributed by atoms with Crippen molar-refractivity contribution in [2.24, 2.45) is 0 Å². The van der Waals surface area contributed by atoms with Crippen LogP contribution in [0.3, 0.4) is 0 Å². The number of anilines is 3. The van der Waals surface area contributed by atoms with Crippen molar-refractivity contribution in [3.05, 3.63) is 133 Å². The minimum atomic E-state index is 0.866. The molecule has 0 saturated carbocycles. The van der Waals surface area contributed by atoms with Gasteiger partial charge in [0.2, 0.25) is 0 Å². The van der Waals surface area contributed by atoms with Gasteiger partial charge in [-0.3, -0.25) is 4.57 Å². The standard InChI is InChI=1S/C32H22N4/c1-3-11-23(12-4-1)35(24-13-5-2-6-14-24)25-19-21-26(22-20-25)36-30-18-10-7-15-27(30)31-32(36)34-29-17-9-8-16-28(29)33-31/h1-22H. The summed E-state index contributed by atoms with van der Waals surface area (Å²) in [5.74, 6) is 0. The van der Waals surface area contributed by atoms with Crippen molar-refractivity contribution < 1.29 is 0 Å². The number of nitrogens with zero attached hydrogens (tertiary/aromatic N) is 4. The molecular weight excluding hydrogens is 440 g/mol. The molecule has 0 aliphatic heterocycles. The van der Waals surface area contributed by atoms with Gasteiger partial charge in [0.15, 0.2) is 5.65 Å². The zero-order valence-corrected chi connectivity index (χ0v) is 19.5. The lowest BCUT2D eigenvalue weighted by Crippen LogP contribution is -2.09. The molecule has 0 radical (unpaired) electrons. The highest BCUT2D eigenvalue weighted by molar-refractivity contribution is 6.07. The first-order valence-corrected chi connectivity index (χ1v) is 12.0. The van der Waals surface area contributed by atoms with E-state index < -0.39 is 0 Å². The van der Waals surface area contributed by atoms with Crippen LogP contribution in [-0.4, -0.2) is 14.5 Å². The highest BCUT2D eigenvalue weighted by atomic mass is 15.1. The van der Waals surface area contributed by atoms with Gasteiger partial charge in [0.25, 0.3) is 0 Å². The third-order valence-electron chi connectivity index (χ3n) is 6.56. The SMILES string of the molecule is c1ccc(N(c2ccccc2)c2ccc(-n3c4ccccc4c4nc5ccccc5nc43)cc2)cc1. The first-order valence-electron chi connectivity index (χ1n) is 12.0. The summed E-state index contributed by atoms with van der Waals surface area (Å²) in [4.78, 5) is 12.3. The van der Waals surface area contributed by atoms with Crippen LogP contribution in [0.15, 0.2) is 133 Å². The average molecular weight is 463 g/mol. The van der Waals surface area contributed by atoms with Crippen LogP contribution >= 0.6 is 0 Å². The van der Waals surface area contributed by atoms with Crippen LogP contribution in [0.1, 0.15) is 0 Å². The zero-order valence-electron chi connectivity index (χ0n) is 19.5. The summed E-state index contributed by atoms with van der Waals surface area (Å²) < 4.78 is 2.21. The van der Waals surface area contributed by atoms with E-state index in [2.05, 4.69) is 107 Å². The predicted octanol–water partition coefficient (Wildman–Crippen LogP) is 8.20. The van der Waals surface area contributed by atoms with Crippen molar-refractivity contribution in [3.8, 4) is 5.69 Å². The maximum Gasteiger partial charge on any atom is 0.165 e. The van der Waals surface area contributed by atoms with Gasteiger partial charge in [-0.2, -0.15) is 0 Å². The molecule has 0 N–H and O–H groups in total. The maximum atomic E-state index is 5.03. The van der Waals surface area contributed by atoms with E-state index in [0.717, 1.165) is 55.8 Å². The molecule has 2 aromatic heterocycles. The van der Waals surface area contributed by atoms with Crippen LogP contribution in [0, 0.1) is 0 Å². The summed E-state index contributed by atoms with van der Waals surface area (Å²) in [5.41, 5.74) is 9.06. The first kappa shape index (κ1) is 20.4. The van der Waals surface area contributed by atoms with Gasteiger partial charge >= 0.3 is 0 Å². The van der Waals surface area contributed by atoms with Crippen molar-refractivity contribution in [1.29, 1.82) is 0 Å². The summed E-state index contributed by atoms with van der Waals surface area (Å²) in [6.07, 6.45) is 0. The Hall–Kier alpha value is -4.96. The van der Waals surface area contributed by atoms with Crippen molar-refractivity contribution in [3.63, 3.8) is 0 Å². The van der Waals surface area contributed by atoms with E-state index in [4.69, 9.17) is 9.97 Å². The van der Waals surface area contributed by atoms with Crippen LogP contribution in [0.2, 0.25) is 0 Å². The van der Waals surface area contributed by atoms with E-state index in [9.17, 15) is 0 Å². The van der Waals surface area contributed by atoms with Crippen LogP contribution in [0.5, 0.6) is 0 Å². The third kappa shape index (κ3) is 3.31. The largest absolute Gasteiger partial charge is 0.311 e. The van der Waals surface area contributed by atoms with Crippen LogP contribution in [0.25, 0.3) is 38.8 Å². The number of para-hydroxylation sites is 5. The average Bonchev–Trinajstić information content (AvgIpc) is 3.27. The van der Waals surface area contributed by atoms with E-state index in [1.807, 2.05) is 36.4 Å². The molecule has 0 saturated heterocycles.